The van der Waals surface area contributed by atoms with E-state index in [4.69, 9.17) is 5.73 Å². The fraction of sp³-hybridized carbons (Fsp3) is 0.231. The lowest BCUT2D eigenvalue weighted by Crippen LogP contribution is -2.13. The van der Waals surface area contributed by atoms with Gasteiger partial charge < -0.3 is 5.73 Å². The summed E-state index contributed by atoms with van der Waals surface area (Å²) in [6.07, 6.45) is 6.23. The fourth-order valence-corrected chi connectivity index (χ4v) is 1.69. The average molecular weight is 213 g/mol. The van der Waals surface area contributed by atoms with E-state index < -0.39 is 0 Å². The minimum Gasteiger partial charge on any atom is -0.324 e. The highest BCUT2D eigenvalue weighted by Crippen LogP contribution is 2.15. The Bertz CT molecular complexity index is 454. The minimum absolute atomic E-state index is 0.00546. The second kappa shape index (κ2) is 4.86. The molecule has 2 heterocycles. The SMILES string of the molecule is Cc1cc(C(N)Cc2cccnc2)ccn1. The minimum atomic E-state index is 0.00546. The van der Waals surface area contributed by atoms with Crippen LogP contribution in [0.1, 0.15) is 22.9 Å². The van der Waals surface area contributed by atoms with Gasteiger partial charge in [-0.05, 0) is 42.7 Å². The molecular formula is C13H15N3. The summed E-state index contributed by atoms with van der Waals surface area (Å²) >= 11 is 0. The number of hydrogen-bond donors (Lipinski definition) is 1. The van der Waals surface area contributed by atoms with Gasteiger partial charge in [0, 0.05) is 30.3 Å². The summed E-state index contributed by atoms with van der Waals surface area (Å²) in [6, 6.07) is 7.97. The lowest BCUT2D eigenvalue weighted by Gasteiger charge is -2.12. The van der Waals surface area contributed by atoms with Crippen molar-refractivity contribution in [2.75, 3.05) is 0 Å². The molecule has 1 unspecified atom stereocenters. The molecule has 0 bridgehead atoms. The fourth-order valence-electron chi connectivity index (χ4n) is 1.69. The smallest absolute Gasteiger partial charge is 0.0375 e. The zero-order valence-electron chi connectivity index (χ0n) is 9.30. The molecule has 3 heteroatoms. The van der Waals surface area contributed by atoms with Crippen LogP contribution in [-0.2, 0) is 6.42 Å². The van der Waals surface area contributed by atoms with Crippen LogP contribution >= 0.6 is 0 Å². The maximum Gasteiger partial charge on any atom is 0.0375 e. The summed E-state index contributed by atoms with van der Waals surface area (Å²) in [4.78, 5) is 8.24. The lowest BCUT2D eigenvalue weighted by molar-refractivity contribution is 0.717. The van der Waals surface area contributed by atoms with Crippen LogP contribution in [0.2, 0.25) is 0 Å². The molecule has 0 fully saturated rings. The van der Waals surface area contributed by atoms with Gasteiger partial charge in [0.1, 0.15) is 0 Å². The molecule has 0 saturated carbocycles. The summed E-state index contributed by atoms with van der Waals surface area (Å²) < 4.78 is 0. The molecule has 0 spiro atoms. The third-order valence-electron chi connectivity index (χ3n) is 2.53. The number of aryl methyl sites for hydroxylation is 1. The van der Waals surface area contributed by atoms with Crippen LogP contribution in [0.15, 0.2) is 42.9 Å². The highest BCUT2D eigenvalue weighted by atomic mass is 14.7. The van der Waals surface area contributed by atoms with Gasteiger partial charge in [0.25, 0.3) is 0 Å². The van der Waals surface area contributed by atoms with E-state index in [1.165, 1.54) is 0 Å². The lowest BCUT2D eigenvalue weighted by atomic mass is 10.0. The van der Waals surface area contributed by atoms with Gasteiger partial charge in [-0.25, -0.2) is 0 Å². The molecule has 0 radical (unpaired) electrons. The van der Waals surface area contributed by atoms with Crippen molar-refractivity contribution < 1.29 is 0 Å². The zero-order valence-corrected chi connectivity index (χ0v) is 9.30. The van der Waals surface area contributed by atoms with Crippen molar-refractivity contribution in [3.8, 4) is 0 Å². The van der Waals surface area contributed by atoms with Gasteiger partial charge in [-0.3, -0.25) is 9.97 Å². The molecule has 0 aromatic carbocycles. The van der Waals surface area contributed by atoms with Crippen molar-refractivity contribution in [1.29, 1.82) is 0 Å². The molecule has 2 aromatic heterocycles. The quantitative estimate of drug-likeness (QED) is 0.848. The molecule has 2 aromatic rings. The maximum atomic E-state index is 6.14. The standard InChI is InChI=1S/C13H15N3/c1-10-7-12(4-6-16-10)13(14)8-11-3-2-5-15-9-11/h2-7,9,13H,8,14H2,1H3. The zero-order chi connectivity index (χ0) is 11.4. The molecular weight excluding hydrogens is 198 g/mol. The van der Waals surface area contributed by atoms with Gasteiger partial charge >= 0.3 is 0 Å². The van der Waals surface area contributed by atoms with E-state index in [0.29, 0.717) is 0 Å². The van der Waals surface area contributed by atoms with Crippen LogP contribution in [-0.4, -0.2) is 9.97 Å². The largest absolute Gasteiger partial charge is 0.324 e. The molecule has 16 heavy (non-hydrogen) atoms. The van der Waals surface area contributed by atoms with Gasteiger partial charge in [-0.1, -0.05) is 6.07 Å². The van der Waals surface area contributed by atoms with Gasteiger partial charge in [-0.15, -0.1) is 0 Å². The van der Waals surface area contributed by atoms with Crippen LogP contribution in [0, 0.1) is 6.92 Å². The molecule has 0 aliphatic heterocycles. The van der Waals surface area contributed by atoms with Crippen molar-refractivity contribution in [3.05, 3.63) is 59.7 Å². The summed E-state index contributed by atoms with van der Waals surface area (Å²) in [5.74, 6) is 0. The van der Waals surface area contributed by atoms with Gasteiger partial charge in [0.2, 0.25) is 0 Å². The van der Waals surface area contributed by atoms with E-state index in [-0.39, 0.29) is 6.04 Å². The van der Waals surface area contributed by atoms with E-state index >= 15 is 0 Å². The van der Waals surface area contributed by atoms with Crippen molar-refractivity contribution in [1.82, 2.24) is 9.97 Å². The van der Waals surface area contributed by atoms with Crippen molar-refractivity contribution in [3.63, 3.8) is 0 Å². The first kappa shape index (κ1) is 10.8. The number of hydrogen-bond acceptors (Lipinski definition) is 3. The van der Waals surface area contributed by atoms with Crippen LogP contribution in [0.4, 0.5) is 0 Å². The molecule has 2 N–H and O–H groups in total. The third-order valence-corrected chi connectivity index (χ3v) is 2.53. The molecule has 0 saturated heterocycles. The van der Waals surface area contributed by atoms with E-state index in [9.17, 15) is 0 Å². The first-order valence-corrected chi connectivity index (χ1v) is 5.33. The van der Waals surface area contributed by atoms with E-state index in [2.05, 4.69) is 9.97 Å². The summed E-state index contributed by atoms with van der Waals surface area (Å²) in [7, 11) is 0. The first-order chi connectivity index (χ1) is 7.75. The Morgan fingerprint density at radius 1 is 1.31 bits per heavy atom. The van der Waals surface area contributed by atoms with E-state index in [0.717, 1.165) is 23.2 Å². The molecule has 0 aliphatic carbocycles. The highest BCUT2D eigenvalue weighted by Gasteiger charge is 2.07. The second-order valence-electron chi connectivity index (χ2n) is 3.90. The van der Waals surface area contributed by atoms with Gasteiger partial charge in [-0.2, -0.15) is 0 Å². The Morgan fingerprint density at radius 2 is 2.19 bits per heavy atom. The van der Waals surface area contributed by atoms with Crippen LogP contribution in [0.5, 0.6) is 0 Å². The van der Waals surface area contributed by atoms with Crippen LogP contribution in [0.3, 0.4) is 0 Å². The van der Waals surface area contributed by atoms with Crippen LogP contribution < -0.4 is 5.73 Å². The van der Waals surface area contributed by atoms with Crippen LogP contribution in [0.25, 0.3) is 0 Å². The Labute approximate surface area is 95.4 Å². The highest BCUT2D eigenvalue weighted by molar-refractivity contribution is 5.22. The maximum absolute atomic E-state index is 6.14. The summed E-state index contributed by atoms with van der Waals surface area (Å²) in [6.45, 7) is 1.97. The summed E-state index contributed by atoms with van der Waals surface area (Å²) in [5, 5.41) is 0. The Balaban J connectivity index is 2.12. The Hall–Kier alpha value is -1.74. The molecule has 2 rings (SSSR count). The molecule has 0 aliphatic rings. The van der Waals surface area contributed by atoms with Gasteiger partial charge in [0.05, 0.1) is 0 Å². The molecule has 1 atom stereocenters. The van der Waals surface area contributed by atoms with E-state index in [1.54, 1.807) is 12.4 Å². The number of aromatic nitrogens is 2. The van der Waals surface area contributed by atoms with Crippen molar-refractivity contribution >= 4 is 0 Å². The number of rotatable bonds is 3. The normalized spacial score (nSPS) is 12.4. The van der Waals surface area contributed by atoms with Gasteiger partial charge in [0.15, 0.2) is 0 Å². The van der Waals surface area contributed by atoms with Crippen molar-refractivity contribution in [2.45, 2.75) is 19.4 Å². The van der Waals surface area contributed by atoms with E-state index in [1.807, 2.05) is 37.4 Å². The molecule has 82 valence electrons. The average Bonchev–Trinajstić information content (AvgIpc) is 2.30. The first-order valence-electron chi connectivity index (χ1n) is 5.33. The number of nitrogens with two attached hydrogens (primary N) is 1. The predicted molar refractivity (Wildman–Crippen MR) is 63.8 cm³/mol. The third kappa shape index (κ3) is 2.64. The Kier molecular flexibility index (Phi) is 3.27. The number of nitrogens with zero attached hydrogens (tertiary/aromatic N) is 2. The van der Waals surface area contributed by atoms with Crippen molar-refractivity contribution in [2.24, 2.45) is 5.73 Å². The molecule has 0 amide bonds. The monoisotopic (exact) mass is 213 g/mol. The Morgan fingerprint density at radius 3 is 2.88 bits per heavy atom. The summed E-state index contributed by atoms with van der Waals surface area (Å²) in [5.41, 5.74) is 9.42. The second-order valence-corrected chi connectivity index (χ2v) is 3.90. The predicted octanol–water partition coefficient (Wildman–Crippen LogP) is 2.03. The topological polar surface area (TPSA) is 51.8 Å². The molecule has 3 nitrogen and oxygen atoms in total. The number of pyridine rings is 2.